The normalized spacial score (nSPS) is 11.7. The number of anilines is 1. The minimum absolute atomic E-state index is 0.0515. The van der Waals surface area contributed by atoms with Gasteiger partial charge in [-0.05, 0) is 18.2 Å². The first-order valence-electron chi connectivity index (χ1n) is 4.37. The van der Waals surface area contributed by atoms with E-state index in [-0.39, 0.29) is 17.4 Å². The zero-order valence-corrected chi connectivity index (χ0v) is 8.19. The van der Waals surface area contributed by atoms with Gasteiger partial charge in [0.2, 0.25) is 5.82 Å². The minimum atomic E-state index is -4.66. The van der Waals surface area contributed by atoms with E-state index in [1.807, 2.05) is 0 Å². The molecule has 0 radical (unpaired) electrons. The molecule has 17 heavy (non-hydrogen) atoms. The average Bonchev–Trinajstić information content (AvgIpc) is 2.64. The average molecular weight is 245 g/mol. The number of alkyl halides is 3. The standard InChI is InChI=1S/C9H6F3N3O2/c10-9(11,12)5-3-4(1-2-6(5)16)7-14-8(13)17-15-7/h1-3,16H,(H2,13,14,15). The van der Waals surface area contributed by atoms with E-state index in [2.05, 4.69) is 14.7 Å². The van der Waals surface area contributed by atoms with Gasteiger partial charge in [-0.1, -0.05) is 5.16 Å². The number of nitrogens with two attached hydrogens (primary N) is 1. The third kappa shape index (κ3) is 2.14. The molecule has 0 atom stereocenters. The number of nitrogens with zero attached hydrogens (tertiary/aromatic N) is 2. The third-order valence-electron chi connectivity index (χ3n) is 2.00. The molecule has 1 aromatic carbocycles. The number of rotatable bonds is 1. The lowest BCUT2D eigenvalue weighted by Gasteiger charge is -2.09. The van der Waals surface area contributed by atoms with Crippen LogP contribution in [0.25, 0.3) is 11.4 Å². The molecule has 1 heterocycles. The van der Waals surface area contributed by atoms with Gasteiger partial charge in [0.15, 0.2) is 0 Å². The molecule has 5 nitrogen and oxygen atoms in total. The lowest BCUT2D eigenvalue weighted by Crippen LogP contribution is -2.05. The third-order valence-corrected chi connectivity index (χ3v) is 2.00. The molecule has 0 amide bonds. The van der Waals surface area contributed by atoms with Crippen molar-refractivity contribution in [1.29, 1.82) is 0 Å². The summed E-state index contributed by atoms with van der Waals surface area (Å²) in [5.74, 6) is -0.939. The summed E-state index contributed by atoms with van der Waals surface area (Å²) in [5, 5.41) is 12.5. The summed E-state index contributed by atoms with van der Waals surface area (Å²) in [6, 6.07) is 2.61. The Kier molecular flexibility index (Phi) is 2.41. The van der Waals surface area contributed by atoms with Gasteiger partial charge in [0, 0.05) is 5.56 Å². The van der Waals surface area contributed by atoms with Crippen molar-refractivity contribution in [1.82, 2.24) is 10.1 Å². The molecule has 8 heteroatoms. The molecule has 0 bridgehead atoms. The van der Waals surface area contributed by atoms with Gasteiger partial charge in [0.1, 0.15) is 5.75 Å². The summed E-state index contributed by atoms with van der Waals surface area (Å²) in [5.41, 5.74) is 4.04. The zero-order chi connectivity index (χ0) is 12.6. The molecular weight excluding hydrogens is 239 g/mol. The Morgan fingerprint density at radius 1 is 1.29 bits per heavy atom. The maximum Gasteiger partial charge on any atom is 0.419 e. The number of benzene rings is 1. The van der Waals surface area contributed by atoms with Gasteiger partial charge in [-0.25, -0.2) is 0 Å². The van der Waals surface area contributed by atoms with Crippen molar-refractivity contribution in [3.8, 4) is 17.1 Å². The second-order valence-electron chi connectivity index (χ2n) is 3.19. The van der Waals surface area contributed by atoms with E-state index in [4.69, 9.17) is 10.8 Å². The van der Waals surface area contributed by atoms with Crippen LogP contribution in [0, 0.1) is 0 Å². The van der Waals surface area contributed by atoms with Crippen LogP contribution in [0.5, 0.6) is 5.75 Å². The number of aromatic nitrogens is 2. The molecular formula is C9H6F3N3O2. The van der Waals surface area contributed by atoms with E-state index in [0.717, 1.165) is 12.1 Å². The van der Waals surface area contributed by atoms with Crippen molar-refractivity contribution in [2.45, 2.75) is 6.18 Å². The van der Waals surface area contributed by atoms with E-state index < -0.39 is 17.5 Å². The molecule has 0 unspecified atom stereocenters. The molecule has 3 N–H and O–H groups in total. The van der Waals surface area contributed by atoms with Crippen molar-refractivity contribution in [2.24, 2.45) is 0 Å². The zero-order valence-electron chi connectivity index (χ0n) is 8.19. The van der Waals surface area contributed by atoms with Gasteiger partial charge in [0.25, 0.3) is 0 Å². The van der Waals surface area contributed by atoms with Crippen molar-refractivity contribution in [2.75, 3.05) is 5.73 Å². The number of hydrogen-bond acceptors (Lipinski definition) is 5. The Labute approximate surface area is 92.7 Å². The summed E-state index contributed by atoms with van der Waals surface area (Å²) >= 11 is 0. The van der Waals surface area contributed by atoms with Crippen LogP contribution in [0.4, 0.5) is 19.2 Å². The molecule has 0 spiro atoms. The van der Waals surface area contributed by atoms with Crippen LogP contribution in [0.1, 0.15) is 5.56 Å². The number of aromatic hydroxyl groups is 1. The van der Waals surface area contributed by atoms with Crippen LogP contribution in [0.3, 0.4) is 0 Å². The second kappa shape index (κ2) is 3.65. The maximum atomic E-state index is 12.5. The highest BCUT2D eigenvalue weighted by Crippen LogP contribution is 2.37. The molecule has 0 saturated carbocycles. The highest BCUT2D eigenvalue weighted by atomic mass is 19.4. The van der Waals surface area contributed by atoms with Crippen molar-refractivity contribution in [3.05, 3.63) is 23.8 Å². The molecule has 90 valence electrons. The lowest BCUT2D eigenvalue weighted by atomic mass is 10.1. The van der Waals surface area contributed by atoms with Crippen LogP contribution in [-0.4, -0.2) is 15.2 Å². The summed E-state index contributed by atoms with van der Waals surface area (Å²) < 4.78 is 41.9. The fourth-order valence-electron chi connectivity index (χ4n) is 1.25. The van der Waals surface area contributed by atoms with Crippen LogP contribution in [-0.2, 0) is 6.18 Å². The van der Waals surface area contributed by atoms with Gasteiger partial charge < -0.3 is 15.4 Å². The largest absolute Gasteiger partial charge is 0.507 e. The predicted molar refractivity (Wildman–Crippen MR) is 50.8 cm³/mol. The van der Waals surface area contributed by atoms with E-state index >= 15 is 0 Å². The van der Waals surface area contributed by atoms with Gasteiger partial charge in [-0.2, -0.15) is 18.2 Å². The molecule has 0 aliphatic carbocycles. The summed E-state index contributed by atoms with van der Waals surface area (Å²) in [6.07, 6.45) is -4.66. The predicted octanol–water partition coefficient (Wildman–Crippen LogP) is 2.04. The van der Waals surface area contributed by atoms with Gasteiger partial charge in [-0.3, -0.25) is 0 Å². The highest BCUT2D eigenvalue weighted by Gasteiger charge is 2.34. The number of hydrogen-bond donors (Lipinski definition) is 2. The highest BCUT2D eigenvalue weighted by molar-refractivity contribution is 5.59. The summed E-state index contributed by atoms with van der Waals surface area (Å²) in [4.78, 5) is 3.58. The Balaban J connectivity index is 2.51. The second-order valence-corrected chi connectivity index (χ2v) is 3.19. The number of phenols is 1. The Morgan fingerprint density at radius 3 is 2.53 bits per heavy atom. The molecule has 0 aliphatic heterocycles. The van der Waals surface area contributed by atoms with Gasteiger partial charge in [0.05, 0.1) is 5.56 Å². The van der Waals surface area contributed by atoms with Crippen LogP contribution in [0.15, 0.2) is 22.7 Å². The van der Waals surface area contributed by atoms with E-state index in [0.29, 0.717) is 0 Å². The first kappa shape index (κ1) is 11.2. The van der Waals surface area contributed by atoms with Gasteiger partial charge in [-0.15, -0.1) is 0 Å². The van der Waals surface area contributed by atoms with E-state index in [9.17, 15) is 13.2 Å². The fraction of sp³-hybridized carbons (Fsp3) is 0.111. The quantitative estimate of drug-likeness (QED) is 0.802. The summed E-state index contributed by atoms with van der Waals surface area (Å²) in [6.45, 7) is 0. The molecule has 1 aromatic heterocycles. The molecule has 0 saturated heterocycles. The number of halogens is 3. The first-order valence-corrected chi connectivity index (χ1v) is 4.37. The summed E-state index contributed by atoms with van der Waals surface area (Å²) in [7, 11) is 0. The van der Waals surface area contributed by atoms with Crippen LogP contribution >= 0.6 is 0 Å². The number of nitrogen functional groups attached to an aromatic ring is 1. The van der Waals surface area contributed by atoms with Crippen molar-refractivity contribution in [3.63, 3.8) is 0 Å². The monoisotopic (exact) mass is 245 g/mol. The SMILES string of the molecule is Nc1nc(-c2ccc(O)c(C(F)(F)F)c2)no1. The Bertz CT molecular complexity index is 551. The van der Waals surface area contributed by atoms with E-state index in [1.165, 1.54) is 6.07 Å². The van der Waals surface area contributed by atoms with Gasteiger partial charge >= 0.3 is 12.2 Å². The minimum Gasteiger partial charge on any atom is -0.507 e. The van der Waals surface area contributed by atoms with E-state index in [1.54, 1.807) is 0 Å². The van der Waals surface area contributed by atoms with Crippen LogP contribution < -0.4 is 5.73 Å². The maximum absolute atomic E-state index is 12.5. The lowest BCUT2D eigenvalue weighted by molar-refractivity contribution is -0.138. The van der Waals surface area contributed by atoms with Crippen LogP contribution in [0.2, 0.25) is 0 Å². The Morgan fingerprint density at radius 2 is 2.00 bits per heavy atom. The first-order chi connectivity index (χ1) is 7.88. The van der Waals surface area contributed by atoms with Crippen molar-refractivity contribution < 1.29 is 22.8 Å². The fourth-order valence-corrected chi connectivity index (χ4v) is 1.25. The number of phenolic OH excluding ortho intramolecular Hbond substituents is 1. The molecule has 0 aliphatic rings. The Hall–Kier alpha value is -2.25. The molecule has 2 aromatic rings. The topological polar surface area (TPSA) is 85.2 Å². The smallest absolute Gasteiger partial charge is 0.419 e. The van der Waals surface area contributed by atoms with Crippen molar-refractivity contribution >= 4 is 6.01 Å². The molecule has 2 rings (SSSR count). The molecule has 0 fully saturated rings.